The minimum absolute atomic E-state index is 0. The van der Waals surface area contributed by atoms with Gasteiger partial charge in [0.05, 0.1) is 31.8 Å². The van der Waals surface area contributed by atoms with Gasteiger partial charge in [-0.25, -0.2) is 0 Å². The quantitative estimate of drug-likeness (QED) is 0.0604. The molecule has 0 fully saturated rings. The number of hydrogen-bond acceptors (Lipinski definition) is 20. The normalized spacial score (nSPS) is 20.1. The molecule has 0 saturated carbocycles. The van der Waals surface area contributed by atoms with E-state index in [1.165, 1.54) is 0 Å². The van der Waals surface area contributed by atoms with Gasteiger partial charge in [-0.1, -0.05) is 0 Å². The summed E-state index contributed by atoms with van der Waals surface area (Å²) in [4.78, 5) is 29.9. The van der Waals surface area contributed by atoms with E-state index in [9.17, 15) is 24.6 Å². The topological polar surface area (TPSA) is 401 Å². The molecule has 15 N–H and O–H groups in total. The van der Waals surface area contributed by atoms with Gasteiger partial charge in [-0.15, -0.1) is 0 Å². The van der Waals surface area contributed by atoms with Crippen molar-refractivity contribution in [2.75, 3.05) is 19.8 Å². The van der Waals surface area contributed by atoms with Crippen LogP contribution in [-0.2, 0) is 14.4 Å². The van der Waals surface area contributed by atoms with Crippen molar-refractivity contribution in [1.29, 1.82) is 0 Å². The number of rotatable bonds is 15. The molecule has 0 aliphatic heterocycles. The van der Waals surface area contributed by atoms with Gasteiger partial charge in [-0.2, -0.15) is 0 Å². The van der Waals surface area contributed by atoms with Crippen LogP contribution in [0.5, 0.6) is 0 Å². The Morgan fingerprint density at radius 1 is 0.513 bits per heavy atom. The number of carbonyl (C=O) groups excluding carboxylic acids is 3. The van der Waals surface area contributed by atoms with Gasteiger partial charge in [-0.3, -0.25) is 0 Å². The second-order valence-corrected chi connectivity index (χ2v) is 7.35. The van der Waals surface area contributed by atoms with E-state index in [1.54, 1.807) is 0 Å². The Morgan fingerprint density at radius 3 is 0.923 bits per heavy atom. The number of aliphatic carboxylic acids is 2. The fraction of sp³-hybridized carbons (Fsp3) is 0.833. The summed E-state index contributed by atoms with van der Waals surface area (Å²) in [6.45, 7) is -2.49. The molecule has 0 heterocycles. The van der Waals surface area contributed by atoms with Crippen LogP contribution in [0.2, 0.25) is 0 Å². The van der Waals surface area contributed by atoms with Crippen molar-refractivity contribution in [2.24, 2.45) is 0 Å². The zero-order chi connectivity index (χ0) is 30.9. The van der Waals surface area contributed by atoms with Crippen molar-refractivity contribution in [2.45, 2.75) is 73.2 Å². The van der Waals surface area contributed by atoms with Crippen molar-refractivity contribution >= 4 is 56.0 Å². The average Bonchev–Trinajstić information content (AvgIpc) is 2.92. The van der Waals surface area contributed by atoms with E-state index >= 15 is 0 Å². The molecule has 228 valence electrons. The minimum atomic E-state index is -2.31. The van der Waals surface area contributed by atoms with E-state index in [-0.39, 0.29) is 44.0 Å². The molecule has 20 nitrogen and oxygen atoms in total. The minimum Gasteiger partial charge on any atom is -0.547 e. The Kier molecular flexibility index (Phi) is 27.8. The Morgan fingerprint density at radius 2 is 0.744 bits per heavy atom. The summed E-state index contributed by atoms with van der Waals surface area (Å²) < 4.78 is 0. The molecule has 0 rings (SSSR count). The fourth-order valence-corrected chi connectivity index (χ4v) is 1.94. The maximum Gasteiger partial charge on any atom is 2.00 e. The Labute approximate surface area is 249 Å². The number of hydrogen-bond donors (Lipinski definition) is 15. The zero-order valence-corrected chi connectivity index (χ0v) is 22.3. The van der Waals surface area contributed by atoms with E-state index in [2.05, 4.69) is 0 Å². The van der Waals surface area contributed by atoms with Crippen molar-refractivity contribution < 1.29 is 101 Å². The van der Waals surface area contributed by atoms with E-state index in [0.29, 0.717) is 0 Å². The molecule has 0 aromatic heterocycles. The second kappa shape index (κ2) is 23.9. The SMILES string of the molecule is O=C([O-])[C@H](O)[C@@H](O)[C@H](O)[C@H](O)CO.O=C([O-])[C@H](O)[C@@H](O)[C@H](O)[C@H](O)CO.O=C[C@H](O)[C@@H](O)[C@H](O)[C@H](O)CO.[Ca+2]. The van der Waals surface area contributed by atoms with Crippen LogP contribution < -0.4 is 10.2 Å². The summed E-state index contributed by atoms with van der Waals surface area (Å²) in [6, 6.07) is 0. The first-order valence-corrected chi connectivity index (χ1v) is 10.2. The second-order valence-electron chi connectivity index (χ2n) is 7.35. The molecule has 0 amide bonds. The summed E-state index contributed by atoms with van der Waals surface area (Å²) in [6.07, 6.45) is -23.0. The predicted molar refractivity (Wildman–Crippen MR) is 115 cm³/mol. The molecule has 0 aliphatic carbocycles. The number of aldehydes is 1. The third-order valence-corrected chi connectivity index (χ3v) is 4.41. The predicted octanol–water partition coefficient (Wildman–Crippen LogP) is -13.4. The fourth-order valence-electron chi connectivity index (χ4n) is 1.94. The van der Waals surface area contributed by atoms with Crippen molar-refractivity contribution in [1.82, 2.24) is 0 Å². The van der Waals surface area contributed by atoms with Crippen molar-refractivity contribution in [3.8, 4) is 0 Å². The van der Waals surface area contributed by atoms with Gasteiger partial charge in [0.1, 0.15) is 73.2 Å². The summed E-state index contributed by atoms with van der Waals surface area (Å²) in [5, 5.41) is 150. The van der Waals surface area contributed by atoms with Gasteiger partial charge in [0.15, 0.2) is 6.29 Å². The van der Waals surface area contributed by atoms with Crippen molar-refractivity contribution in [3.63, 3.8) is 0 Å². The molecule has 39 heavy (non-hydrogen) atoms. The van der Waals surface area contributed by atoms with E-state index in [0.717, 1.165) is 0 Å². The Bertz CT molecular complexity index is 618. The molecule has 0 radical (unpaired) electrons. The number of carbonyl (C=O) groups is 3. The van der Waals surface area contributed by atoms with Gasteiger partial charge >= 0.3 is 37.7 Å². The number of aliphatic hydroxyl groups is 15. The molecular formula is C18H34CaO20. The molecule has 0 saturated heterocycles. The van der Waals surface area contributed by atoms with E-state index < -0.39 is 105 Å². The summed E-state index contributed by atoms with van der Waals surface area (Å²) in [7, 11) is 0. The third-order valence-electron chi connectivity index (χ3n) is 4.41. The Balaban J connectivity index is -0.000000233. The Hall–Kier alpha value is -0.730. The molecule has 0 unspecified atom stereocenters. The third kappa shape index (κ3) is 17.6. The summed E-state index contributed by atoms with van der Waals surface area (Å²) in [5.74, 6) is -3.95. The summed E-state index contributed by atoms with van der Waals surface area (Å²) in [5.41, 5.74) is 0. The molecule has 0 aromatic carbocycles. The first-order valence-electron chi connectivity index (χ1n) is 10.2. The average molecular weight is 611 g/mol. The number of aliphatic hydroxyl groups excluding tert-OH is 15. The van der Waals surface area contributed by atoms with Crippen LogP contribution in [0.25, 0.3) is 0 Å². The van der Waals surface area contributed by atoms with Crippen molar-refractivity contribution in [3.05, 3.63) is 0 Å². The van der Waals surface area contributed by atoms with Crippen LogP contribution in [-0.4, -0.2) is 226 Å². The molecule has 0 aliphatic rings. The molecular weight excluding hydrogens is 576 g/mol. The smallest absolute Gasteiger partial charge is 0.547 e. The van der Waals surface area contributed by atoms with E-state index in [4.69, 9.17) is 76.6 Å². The monoisotopic (exact) mass is 610 g/mol. The first kappa shape index (κ1) is 45.3. The van der Waals surface area contributed by atoms with Gasteiger partial charge in [-0.05, 0) is 0 Å². The maximum atomic E-state index is 9.98. The zero-order valence-electron chi connectivity index (χ0n) is 20.1. The van der Waals surface area contributed by atoms with E-state index in [1.807, 2.05) is 0 Å². The van der Waals surface area contributed by atoms with Crippen LogP contribution in [0.4, 0.5) is 0 Å². The molecule has 0 bridgehead atoms. The van der Waals surface area contributed by atoms with Crippen LogP contribution >= 0.6 is 0 Å². The van der Waals surface area contributed by atoms with Crippen LogP contribution in [0.3, 0.4) is 0 Å². The molecule has 0 aromatic rings. The van der Waals surface area contributed by atoms with Gasteiger partial charge < -0.3 is 101 Å². The number of carboxylic acids is 2. The standard InChI is InChI=1S/2C6H12O7.C6H12O6.Ca/c2*7-1-2(8)3(9)4(10)5(11)6(12)13;7-1-3(9)5(11)6(12)4(10)2-8;/h2*2-5,7-11H,1H2,(H,12,13);1,3-6,8-12H,2H2;/q;;;+2/p-2/t2*2-,3-,4+,5-;3-,4+,5+,6+;/m110./s1. The number of carboxylic acid groups (broad SMARTS) is 2. The molecule has 0 spiro atoms. The van der Waals surface area contributed by atoms with Crippen LogP contribution in [0.1, 0.15) is 0 Å². The van der Waals surface area contributed by atoms with Crippen LogP contribution in [0.15, 0.2) is 0 Å². The van der Waals surface area contributed by atoms with Gasteiger partial charge in [0.25, 0.3) is 0 Å². The van der Waals surface area contributed by atoms with Gasteiger partial charge in [0.2, 0.25) is 0 Å². The van der Waals surface area contributed by atoms with Gasteiger partial charge in [0, 0.05) is 0 Å². The first-order chi connectivity index (χ1) is 17.4. The van der Waals surface area contributed by atoms with Crippen LogP contribution in [0, 0.1) is 0 Å². The summed E-state index contributed by atoms with van der Waals surface area (Å²) >= 11 is 0. The molecule has 12 atom stereocenters. The maximum absolute atomic E-state index is 9.98. The molecule has 21 heteroatoms. The largest absolute Gasteiger partial charge is 2.00 e.